The summed E-state index contributed by atoms with van der Waals surface area (Å²) in [5, 5.41) is 7.18. The van der Waals surface area contributed by atoms with Crippen molar-refractivity contribution in [1.82, 2.24) is 10.6 Å². The summed E-state index contributed by atoms with van der Waals surface area (Å²) in [6.07, 6.45) is 2.59. The number of amides is 1. The van der Waals surface area contributed by atoms with Gasteiger partial charge in [-0.1, -0.05) is 37.6 Å². The lowest BCUT2D eigenvalue weighted by Crippen LogP contribution is -2.48. The zero-order chi connectivity index (χ0) is 14.6. The van der Waals surface area contributed by atoms with Crippen LogP contribution in [-0.2, 0) is 10.2 Å². The summed E-state index contributed by atoms with van der Waals surface area (Å²) in [6.45, 7) is 6.00. The first kappa shape index (κ1) is 15.3. The molecule has 20 heavy (non-hydrogen) atoms. The van der Waals surface area contributed by atoms with Gasteiger partial charge in [-0.15, -0.1) is 0 Å². The number of nitrogens with one attached hydrogen (secondary N) is 2. The molecule has 0 radical (unpaired) electrons. The van der Waals surface area contributed by atoms with Crippen molar-refractivity contribution in [2.75, 3.05) is 13.1 Å². The van der Waals surface area contributed by atoms with Crippen molar-refractivity contribution < 1.29 is 4.79 Å². The number of halogens is 1. The van der Waals surface area contributed by atoms with Crippen LogP contribution in [0.5, 0.6) is 0 Å². The van der Waals surface area contributed by atoms with Crippen LogP contribution in [0.15, 0.2) is 24.3 Å². The van der Waals surface area contributed by atoms with Gasteiger partial charge in [0.2, 0.25) is 5.91 Å². The van der Waals surface area contributed by atoms with Gasteiger partial charge in [0.1, 0.15) is 0 Å². The molecule has 1 aliphatic rings. The first-order valence-electron chi connectivity index (χ1n) is 7.40. The Morgan fingerprint density at radius 3 is 2.50 bits per heavy atom. The minimum Gasteiger partial charge on any atom is -0.351 e. The van der Waals surface area contributed by atoms with Gasteiger partial charge in [0.05, 0.1) is 5.41 Å². The van der Waals surface area contributed by atoms with Crippen LogP contribution < -0.4 is 10.6 Å². The normalized spacial score (nSPS) is 19.1. The molecule has 1 heterocycles. The van der Waals surface area contributed by atoms with Crippen LogP contribution in [0, 0.1) is 0 Å². The topological polar surface area (TPSA) is 41.1 Å². The maximum Gasteiger partial charge on any atom is 0.230 e. The maximum atomic E-state index is 12.8. The highest BCUT2D eigenvalue weighted by Gasteiger charge is 2.37. The summed E-state index contributed by atoms with van der Waals surface area (Å²) in [5.74, 6) is 0.138. The smallest absolute Gasteiger partial charge is 0.230 e. The molecule has 1 unspecified atom stereocenters. The molecule has 0 saturated carbocycles. The van der Waals surface area contributed by atoms with Crippen LogP contribution in [-0.4, -0.2) is 25.0 Å². The number of carbonyl (C=O) groups is 1. The third-order valence-electron chi connectivity index (χ3n) is 4.43. The quantitative estimate of drug-likeness (QED) is 0.877. The molecular formula is C16H23ClN2O. The molecule has 2 rings (SSSR count). The van der Waals surface area contributed by atoms with Crippen LogP contribution in [0.1, 0.15) is 38.7 Å². The van der Waals surface area contributed by atoms with Gasteiger partial charge in [-0.05, 0) is 43.5 Å². The van der Waals surface area contributed by atoms with Gasteiger partial charge in [-0.25, -0.2) is 0 Å². The van der Waals surface area contributed by atoms with E-state index in [-0.39, 0.29) is 11.9 Å². The van der Waals surface area contributed by atoms with E-state index < -0.39 is 5.41 Å². The van der Waals surface area contributed by atoms with Gasteiger partial charge in [0.25, 0.3) is 0 Å². The van der Waals surface area contributed by atoms with E-state index in [1.165, 1.54) is 0 Å². The number of hydrogen-bond acceptors (Lipinski definition) is 2. The lowest BCUT2D eigenvalue weighted by atomic mass is 9.75. The maximum absolute atomic E-state index is 12.8. The molecule has 1 aliphatic heterocycles. The van der Waals surface area contributed by atoms with Crippen molar-refractivity contribution in [3.8, 4) is 0 Å². The average molecular weight is 295 g/mol. The van der Waals surface area contributed by atoms with Crippen molar-refractivity contribution in [3.63, 3.8) is 0 Å². The lowest BCUT2D eigenvalue weighted by molar-refractivity contribution is -0.127. The molecular weight excluding hydrogens is 272 g/mol. The molecule has 110 valence electrons. The standard InChI is InChI=1S/C16H23ClN2O/c1-3-16(4-2,12-5-7-13(17)8-6-12)15(20)19-14-9-10-18-11-14/h5-8,14,18H,3-4,9-11H2,1-2H3,(H,19,20). The number of benzene rings is 1. The fraction of sp³-hybridized carbons (Fsp3) is 0.562. The molecule has 4 heteroatoms. The first-order chi connectivity index (χ1) is 9.62. The van der Waals surface area contributed by atoms with Gasteiger partial charge in [0.15, 0.2) is 0 Å². The Labute approximate surface area is 126 Å². The Morgan fingerprint density at radius 1 is 1.35 bits per heavy atom. The zero-order valence-electron chi connectivity index (χ0n) is 12.2. The zero-order valence-corrected chi connectivity index (χ0v) is 13.0. The van der Waals surface area contributed by atoms with Crippen molar-refractivity contribution in [2.45, 2.75) is 44.6 Å². The van der Waals surface area contributed by atoms with Crippen LogP contribution in [0.2, 0.25) is 5.02 Å². The minimum absolute atomic E-state index is 0.138. The Hall–Kier alpha value is -1.06. The van der Waals surface area contributed by atoms with E-state index in [0.717, 1.165) is 37.9 Å². The third kappa shape index (κ3) is 2.99. The second-order valence-corrected chi connectivity index (χ2v) is 5.90. The van der Waals surface area contributed by atoms with E-state index in [9.17, 15) is 4.79 Å². The highest BCUT2D eigenvalue weighted by atomic mass is 35.5. The summed E-state index contributed by atoms with van der Waals surface area (Å²) in [6, 6.07) is 7.93. The number of carbonyl (C=O) groups excluding carboxylic acids is 1. The molecule has 1 amide bonds. The minimum atomic E-state index is -0.451. The summed E-state index contributed by atoms with van der Waals surface area (Å²) in [4.78, 5) is 12.8. The predicted octanol–water partition coefficient (Wildman–Crippen LogP) is 2.88. The molecule has 0 aromatic heterocycles. The van der Waals surface area contributed by atoms with Crippen molar-refractivity contribution in [2.24, 2.45) is 0 Å². The van der Waals surface area contributed by atoms with Gasteiger partial charge >= 0.3 is 0 Å². The monoisotopic (exact) mass is 294 g/mol. The summed E-state index contributed by atoms with van der Waals surface area (Å²) in [7, 11) is 0. The largest absolute Gasteiger partial charge is 0.351 e. The predicted molar refractivity (Wildman–Crippen MR) is 83.1 cm³/mol. The molecule has 2 N–H and O–H groups in total. The van der Waals surface area contributed by atoms with Crippen molar-refractivity contribution in [1.29, 1.82) is 0 Å². The van der Waals surface area contributed by atoms with E-state index in [1.54, 1.807) is 0 Å². The van der Waals surface area contributed by atoms with Crippen LogP contribution in [0.4, 0.5) is 0 Å². The molecule has 0 bridgehead atoms. The van der Waals surface area contributed by atoms with Gasteiger partial charge in [-0.3, -0.25) is 4.79 Å². The highest BCUT2D eigenvalue weighted by molar-refractivity contribution is 6.30. The number of rotatable bonds is 5. The second kappa shape index (κ2) is 6.59. The van der Waals surface area contributed by atoms with E-state index in [2.05, 4.69) is 24.5 Å². The van der Waals surface area contributed by atoms with Crippen LogP contribution in [0.3, 0.4) is 0 Å². The van der Waals surface area contributed by atoms with Crippen LogP contribution >= 0.6 is 11.6 Å². The molecule has 0 spiro atoms. The fourth-order valence-electron chi connectivity index (χ4n) is 2.98. The van der Waals surface area contributed by atoms with Crippen LogP contribution in [0.25, 0.3) is 0 Å². The van der Waals surface area contributed by atoms with Crippen molar-refractivity contribution in [3.05, 3.63) is 34.9 Å². The third-order valence-corrected chi connectivity index (χ3v) is 4.69. The first-order valence-corrected chi connectivity index (χ1v) is 7.78. The summed E-state index contributed by atoms with van der Waals surface area (Å²) in [5.41, 5.74) is 0.600. The molecule has 1 saturated heterocycles. The lowest BCUT2D eigenvalue weighted by Gasteiger charge is -2.32. The Bertz CT molecular complexity index is 448. The molecule has 1 aromatic carbocycles. The van der Waals surface area contributed by atoms with Crippen molar-refractivity contribution >= 4 is 17.5 Å². The van der Waals surface area contributed by atoms with E-state index >= 15 is 0 Å². The molecule has 1 aromatic rings. The molecule has 0 aliphatic carbocycles. The SMILES string of the molecule is CCC(CC)(C(=O)NC1CCNC1)c1ccc(Cl)cc1. The Kier molecular flexibility index (Phi) is 5.06. The average Bonchev–Trinajstić information content (AvgIpc) is 2.95. The fourth-order valence-corrected chi connectivity index (χ4v) is 3.11. The molecule has 1 fully saturated rings. The second-order valence-electron chi connectivity index (χ2n) is 5.46. The van der Waals surface area contributed by atoms with Gasteiger partial charge < -0.3 is 10.6 Å². The highest BCUT2D eigenvalue weighted by Crippen LogP contribution is 2.33. The number of hydrogen-bond donors (Lipinski definition) is 2. The van der Waals surface area contributed by atoms with E-state index in [4.69, 9.17) is 11.6 Å². The Morgan fingerprint density at radius 2 is 2.00 bits per heavy atom. The van der Waals surface area contributed by atoms with E-state index in [1.807, 2.05) is 24.3 Å². The molecule has 3 nitrogen and oxygen atoms in total. The summed E-state index contributed by atoms with van der Waals surface area (Å²) >= 11 is 5.96. The Balaban J connectivity index is 2.23. The van der Waals surface area contributed by atoms with E-state index in [0.29, 0.717) is 5.02 Å². The summed E-state index contributed by atoms with van der Waals surface area (Å²) < 4.78 is 0. The van der Waals surface area contributed by atoms with Gasteiger partial charge in [-0.2, -0.15) is 0 Å². The van der Waals surface area contributed by atoms with Gasteiger partial charge in [0, 0.05) is 17.6 Å². The molecule has 1 atom stereocenters.